The van der Waals surface area contributed by atoms with Gasteiger partial charge in [0, 0.05) is 19.1 Å². The van der Waals surface area contributed by atoms with Crippen molar-refractivity contribution in [2.75, 3.05) is 18.5 Å². The minimum atomic E-state index is -0.829. The Kier molecular flexibility index (Phi) is 5.05. The molecule has 2 aromatic rings. The van der Waals surface area contributed by atoms with Crippen LogP contribution in [0.25, 0.3) is 0 Å². The van der Waals surface area contributed by atoms with Crippen molar-refractivity contribution in [1.82, 2.24) is 0 Å². The first kappa shape index (κ1) is 16.4. The van der Waals surface area contributed by atoms with E-state index >= 15 is 0 Å². The first-order valence-corrected chi connectivity index (χ1v) is 8.00. The van der Waals surface area contributed by atoms with Crippen LogP contribution in [0.4, 0.5) is 15.8 Å². The van der Waals surface area contributed by atoms with Gasteiger partial charge in [0.15, 0.2) is 0 Å². The molecular weight excluding hydrogens is 311 g/mol. The average Bonchev–Trinajstić information content (AvgIpc) is 2.60. The molecule has 1 aliphatic heterocycles. The maximum absolute atomic E-state index is 13.7. The van der Waals surface area contributed by atoms with Gasteiger partial charge in [-0.05, 0) is 30.5 Å². The van der Waals surface area contributed by atoms with Crippen LogP contribution >= 0.6 is 0 Å². The number of nitrogens with one attached hydrogen (secondary N) is 1. The van der Waals surface area contributed by atoms with Gasteiger partial charge in [-0.3, -0.25) is 10.1 Å². The molecule has 0 aliphatic carbocycles. The number of halogens is 1. The van der Waals surface area contributed by atoms with Crippen LogP contribution in [0.5, 0.6) is 0 Å². The van der Waals surface area contributed by atoms with Crippen LogP contribution in [0.3, 0.4) is 0 Å². The van der Waals surface area contributed by atoms with Crippen LogP contribution in [-0.2, 0) is 4.74 Å². The lowest BCUT2D eigenvalue weighted by molar-refractivity contribution is -0.386. The van der Waals surface area contributed by atoms with Crippen LogP contribution < -0.4 is 5.32 Å². The third-order valence-electron chi connectivity index (χ3n) is 4.30. The van der Waals surface area contributed by atoms with E-state index in [0.717, 1.165) is 24.5 Å². The Bertz CT molecular complexity index is 709. The molecule has 2 aromatic carbocycles. The van der Waals surface area contributed by atoms with Gasteiger partial charge in [0.1, 0.15) is 5.69 Å². The standard InChI is InChI=1S/C18H19FN2O3/c19-15-9-4-10-16(17(15)21(22)23)20-12-14-8-5-11-24-18(14)13-6-2-1-3-7-13/h1-4,6-7,9-10,14,18,20H,5,8,11-12H2. The molecule has 1 aliphatic rings. The minimum absolute atomic E-state index is 0.0555. The molecule has 1 fully saturated rings. The lowest BCUT2D eigenvalue weighted by Crippen LogP contribution is -2.28. The molecule has 24 heavy (non-hydrogen) atoms. The molecule has 1 saturated heterocycles. The van der Waals surface area contributed by atoms with Crippen molar-refractivity contribution in [3.63, 3.8) is 0 Å². The number of rotatable bonds is 5. The highest BCUT2D eigenvalue weighted by Gasteiger charge is 2.28. The molecule has 0 spiro atoms. The van der Waals surface area contributed by atoms with E-state index in [-0.39, 0.29) is 17.7 Å². The van der Waals surface area contributed by atoms with Crippen LogP contribution in [0.15, 0.2) is 48.5 Å². The minimum Gasteiger partial charge on any atom is -0.379 e. The summed E-state index contributed by atoms with van der Waals surface area (Å²) in [6.07, 6.45) is 1.84. The van der Waals surface area contributed by atoms with Gasteiger partial charge in [-0.15, -0.1) is 0 Å². The van der Waals surface area contributed by atoms with Crippen molar-refractivity contribution in [3.05, 3.63) is 70.0 Å². The van der Waals surface area contributed by atoms with E-state index < -0.39 is 16.4 Å². The van der Waals surface area contributed by atoms with Crippen LogP contribution in [0.2, 0.25) is 0 Å². The fraction of sp³-hybridized carbons (Fsp3) is 0.333. The maximum atomic E-state index is 13.7. The molecule has 0 aromatic heterocycles. The van der Waals surface area contributed by atoms with E-state index in [1.54, 1.807) is 0 Å². The van der Waals surface area contributed by atoms with E-state index in [1.807, 2.05) is 30.3 Å². The van der Waals surface area contributed by atoms with E-state index in [4.69, 9.17) is 4.74 Å². The third-order valence-corrected chi connectivity index (χ3v) is 4.30. The van der Waals surface area contributed by atoms with Gasteiger partial charge in [0.25, 0.3) is 0 Å². The van der Waals surface area contributed by atoms with Crippen molar-refractivity contribution < 1.29 is 14.1 Å². The van der Waals surface area contributed by atoms with Crippen molar-refractivity contribution in [2.45, 2.75) is 18.9 Å². The highest BCUT2D eigenvalue weighted by molar-refractivity contribution is 5.61. The van der Waals surface area contributed by atoms with Crippen LogP contribution in [0.1, 0.15) is 24.5 Å². The normalized spacial score (nSPS) is 20.5. The molecular formula is C18H19FN2O3. The number of hydrogen-bond acceptors (Lipinski definition) is 4. The molecule has 0 bridgehead atoms. The lowest BCUT2D eigenvalue weighted by Gasteiger charge is -2.32. The van der Waals surface area contributed by atoms with E-state index in [2.05, 4.69) is 5.32 Å². The van der Waals surface area contributed by atoms with Gasteiger partial charge in [-0.2, -0.15) is 4.39 Å². The highest BCUT2D eigenvalue weighted by atomic mass is 19.1. The zero-order valence-corrected chi connectivity index (χ0v) is 13.2. The second-order valence-electron chi connectivity index (χ2n) is 5.88. The number of nitro groups is 1. The largest absolute Gasteiger partial charge is 0.379 e. The molecule has 0 amide bonds. The Morgan fingerprint density at radius 3 is 2.75 bits per heavy atom. The summed E-state index contributed by atoms with van der Waals surface area (Å²) in [6, 6.07) is 14.0. The van der Waals surface area contributed by atoms with Crippen molar-refractivity contribution in [1.29, 1.82) is 0 Å². The third kappa shape index (κ3) is 3.54. The first-order valence-electron chi connectivity index (χ1n) is 8.00. The summed E-state index contributed by atoms with van der Waals surface area (Å²) in [5.41, 5.74) is 0.792. The molecule has 0 saturated carbocycles. The maximum Gasteiger partial charge on any atom is 0.327 e. The molecule has 126 valence electrons. The fourth-order valence-electron chi connectivity index (χ4n) is 3.15. The smallest absolute Gasteiger partial charge is 0.327 e. The van der Waals surface area contributed by atoms with Crippen LogP contribution in [0, 0.1) is 21.8 Å². The lowest BCUT2D eigenvalue weighted by atomic mass is 9.89. The molecule has 1 N–H and O–H groups in total. The van der Waals surface area contributed by atoms with Crippen molar-refractivity contribution in [2.24, 2.45) is 5.92 Å². The number of para-hydroxylation sites is 1. The molecule has 2 unspecified atom stereocenters. The number of benzene rings is 2. The Hall–Kier alpha value is -2.47. The second kappa shape index (κ2) is 7.40. The van der Waals surface area contributed by atoms with Gasteiger partial charge in [0.2, 0.25) is 5.82 Å². The SMILES string of the molecule is O=[N+]([O-])c1c(F)cccc1NCC1CCCOC1c1ccccc1. The van der Waals surface area contributed by atoms with Gasteiger partial charge >= 0.3 is 5.69 Å². The summed E-state index contributed by atoms with van der Waals surface area (Å²) in [5, 5.41) is 14.1. The Labute approximate surface area is 139 Å². The predicted octanol–water partition coefficient (Wildman–Crippen LogP) is 4.31. The van der Waals surface area contributed by atoms with Gasteiger partial charge in [0.05, 0.1) is 11.0 Å². The summed E-state index contributed by atoms with van der Waals surface area (Å²) < 4.78 is 19.6. The van der Waals surface area contributed by atoms with E-state index in [1.165, 1.54) is 12.1 Å². The number of nitro benzene ring substituents is 1. The molecule has 3 rings (SSSR count). The van der Waals surface area contributed by atoms with Crippen molar-refractivity contribution >= 4 is 11.4 Å². The molecule has 6 heteroatoms. The molecule has 0 radical (unpaired) electrons. The summed E-state index contributed by atoms with van der Waals surface area (Å²) in [5.74, 6) is -0.659. The Morgan fingerprint density at radius 2 is 2.00 bits per heavy atom. The average molecular weight is 330 g/mol. The summed E-state index contributed by atoms with van der Waals surface area (Å²) >= 11 is 0. The molecule has 1 heterocycles. The molecule has 5 nitrogen and oxygen atoms in total. The van der Waals surface area contributed by atoms with Gasteiger partial charge in [-0.1, -0.05) is 36.4 Å². The van der Waals surface area contributed by atoms with E-state index in [0.29, 0.717) is 13.2 Å². The van der Waals surface area contributed by atoms with Crippen molar-refractivity contribution in [3.8, 4) is 0 Å². The Morgan fingerprint density at radius 1 is 1.21 bits per heavy atom. The summed E-state index contributed by atoms with van der Waals surface area (Å²) in [6.45, 7) is 1.19. The molecule has 2 atom stereocenters. The highest BCUT2D eigenvalue weighted by Crippen LogP contribution is 2.35. The topological polar surface area (TPSA) is 64.4 Å². The van der Waals surface area contributed by atoms with Gasteiger partial charge < -0.3 is 10.1 Å². The zero-order valence-electron chi connectivity index (χ0n) is 13.2. The fourth-order valence-corrected chi connectivity index (χ4v) is 3.15. The first-order chi connectivity index (χ1) is 11.7. The van der Waals surface area contributed by atoms with E-state index in [9.17, 15) is 14.5 Å². The predicted molar refractivity (Wildman–Crippen MR) is 89.4 cm³/mol. The van der Waals surface area contributed by atoms with Gasteiger partial charge in [-0.25, -0.2) is 0 Å². The summed E-state index contributed by atoms with van der Waals surface area (Å²) in [7, 11) is 0. The number of ether oxygens (including phenoxy) is 1. The Balaban J connectivity index is 1.76. The zero-order chi connectivity index (χ0) is 16.9. The number of nitrogens with zero attached hydrogens (tertiary/aromatic N) is 1. The van der Waals surface area contributed by atoms with Crippen LogP contribution in [-0.4, -0.2) is 18.1 Å². The summed E-state index contributed by atoms with van der Waals surface area (Å²) in [4.78, 5) is 10.4. The second-order valence-corrected chi connectivity index (χ2v) is 5.88. The number of hydrogen-bond donors (Lipinski definition) is 1. The number of anilines is 1. The monoisotopic (exact) mass is 330 g/mol. The quantitative estimate of drug-likeness (QED) is 0.655.